The van der Waals surface area contributed by atoms with Crippen molar-refractivity contribution in [2.45, 2.75) is 72.3 Å². The molecular weight excluding hydrogens is 452 g/mol. The molecule has 2 aromatic carbocycles. The first-order chi connectivity index (χ1) is 17.2. The first-order valence-corrected chi connectivity index (χ1v) is 13.1. The standard InChI is InChI=1S/C30H38N2O4/c1-19-15-24(16-20(2)21(19)3)18-28(22(4)33)36-30(35)32-13-11-23(12-14-32)17-26-10-9-25-7-5-6-8-27(25)31-29(26)34/h5-8,15-16,23,26,28H,9-14,17-18H2,1-4H3,(H,31,34)/t26?,28-/m1/s1. The lowest BCUT2D eigenvalue weighted by molar-refractivity contribution is -0.125. The molecule has 36 heavy (non-hydrogen) atoms. The number of anilines is 1. The maximum atomic E-state index is 12.9. The summed E-state index contributed by atoms with van der Waals surface area (Å²) in [6.45, 7) is 8.86. The molecule has 2 heterocycles. The van der Waals surface area contributed by atoms with Gasteiger partial charge in [-0.05, 0) is 99.6 Å². The molecule has 192 valence electrons. The number of rotatable bonds is 6. The van der Waals surface area contributed by atoms with E-state index in [0.717, 1.165) is 43.4 Å². The molecule has 4 rings (SSSR count). The third-order valence-electron chi connectivity index (χ3n) is 8.00. The first kappa shape index (κ1) is 25.9. The molecule has 2 aliphatic heterocycles. The van der Waals surface area contributed by atoms with E-state index in [-0.39, 0.29) is 17.6 Å². The van der Waals surface area contributed by atoms with Crippen LogP contribution in [0.4, 0.5) is 10.5 Å². The topological polar surface area (TPSA) is 75.7 Å². The first-order valence-electron chi connectivity index (χ1n) is 13.1. The second-order valence-electron chi connectivity index (χ2n) is 10.6. The van der Waals surface area contributed by atoms with Gasteiger partial charge < -0.3 is 15.0 Å². The minimum atomic E-state index is -0.784. The monoisotopic (exact) mass is 490 g/mol. The number of Topliss-reactive ketones (excluding diaryl/α,β-unsaturated/α-hetero) is 1. The van der Waals surface area contributed by atoms with Gasteiger partial charge in [0.15, 0.2) is 11.9 Å². The molecule has 1 fully saturated rings. The average molecular weight is 491 g/mol. The second kappa shape index (κ2) is 11.3. The van der Waals surface area contributed by atoms with Crippen LogP contribution in [0.3, 0.4) is 0 Å². The van der Waals surface area contributed by atoms with E-state index in [1.54, 1.807) is 4.90 Å². The molecule has 6 heteroatoms. The van der Waals surface area contributed by atoms with Gasteiger partial charge in [-0.1, -0.05) is 30.3 Å². The highest BCUT2D eigenvalue weighted by atomic mass is 16.6. The molecule has 0 bridgehead atoms. The summed E-state index contributed by atoms with van der Waals surface area (Å²) in [4.78, 5) is 39.7. The number of carbonyl (C=O) groups excluding carboxylic acids is 3. The highest BCUT2D eigenvalue weighted by molar-refractivity contribution is 5.94. The van der Waals surface area contributed by atoms with Gasteiger partial charge in [0.2, 0.25) is 5.91 Å². The molecule has 1 saturated heterocycles. The number of carbonyl (C=O) groups is 3. The zero-order chi connectivity index (χ0) is 25.8. The van der Waals surface area contributed by atoms with Crippen LogP contribution in [0.15, 0.2) is 36.4 Å². The predicted molar refractivity (Wildman–Crippen MR) is 141 cm³/mol. The van der Waals surface area contributed by atoms with Gasteiger partial charge in [0.05, 0.1) is 0 Å². The summed E-state index contributed by atoms with van der Waals surface area (Å²) in [6.07, 6.45) is 3.45. The molecule has 0 spiro atoms. The number of nitrogens with zero attached hydrogens (tertiary/aromatic N) is 1. The van der Waals surface area contributed by atoms with Crippen LogP contribution in [-0.2, 0) is 27.2 Å². The van der Waals surface area contributed by atoms with Crippen molar-refractivity contribution in [1.29, 1.82) is 0 Å². The fourth-order valence-corrected chi connectivity index (χ4v) is 5.46. The van der Waals surface area contributed by atoms with Crippen LogP contribution < -0.4 is 5.32 Å². The van der Waals surface area contributed by atoms with Crippen molar-refractivity contribution in [3.05, 3.63) is 64.2 Å². The van der Waals surface area contributed by atoms with Gasteiger partial charge in [-0.25, -0.2) is 4.79 Å². The van der Waals surface area contributed by atoms with Crippen LogP contribution >= 0.6 is 0 Å². The Morgan fingerprint density at radius 2 is 1.72 bits per heavy atom. The number of ketones is 1. The predicted octanol–water partition coefficient (Wildman–Crippen LogP) is 5.55. The van der Waals surface area contributed by atoms with Crippen molar-refractivity contribution in [3.8, 4) is 0 Å². The van der Waals surface area contributed by atoms with Gasteiger partial charge in [0, 0.05) is 31.1 Å². The van der Waals surface area contributed by atoms with Gasteiger partial charge in [0.25, 0.3) is 0 Å². The summed E-state index contributed by atoms with van der Waals surface area (Å²) in [6, 6.07) is 12.2. The zero-order valence-electron chi connectivity index (χ0n) is 21.9. The number of ether oxygens (including phenoxy) is 1. The third kappa shape index (κ3) is 6.15. The maximum Gasteiger partial charge on any atom is 0.410 e. The number of amides is 2. The third-order valence-corrected chi connectivity index (χ3v) is 8.00. The van der Waals surface area contributed by atoms with Gasteiger partial charge >= 0.3 is 6.09 Å². The summed E-state index contributed by atoms with van der Waals surface area (Å²) in [7, 11) is 0. The lowest BCUT2D eigenvalue weighted by Crippen LogP contribution is -2.42. The fraction of sp³-hybridized carbons (Fsp3) is 0.500. The zero-order valence-corrected chi connectivity index (χ0v) is 21.9. The number of aryl methyl sites for hydroxylation is 3. The number of para-hydroxylation sites is 1. The van der Waals surface area contributed by atoms with Gasteiger partial charge in [-0.3, -0.25) is 9.59 Å². The number of benzene rings is 2. The minimum Gasteiger partial charge on any atom is -0.438 e. The van der Waals surface area contributed by atoms with Crippen LogP contribution in [0.2, 0.25) is 0 Å². The van der Waals surface area contributed by atoms with Gasteiger partial charge in [0.1, 0.15) is 0 Å². The van der Waals surface area contributed by atoms with E-state index in [0.29, 0.717) is 25.4 Å². The smallest absolute Gasteiger partial charge is 0.410 e. The number of hydrogen-bond acceptors (Lipinski definition) is 4. The molecular formula is C30H38N2O4. The van der Waals surface area contributed by atoms with Crippen molar-refractivity contribution in [2.75, 3.05) is 18.4 Å². The van der Waals surface area contributed by atoms with Crippen molar-refractivity contribution in [1.82, 2.24) is 4.90 Å². The summed E-state index contributed by atoms with van der Waals surface area (Å²) in [5, 5.41) is 3.10. The fourth-order valence-electron chi connectivity index (χ4n) is 5.46. The van der Waals surface area contributed by atoms with Crippen molar-refractivity contribution < 1.29 is 19.1 Å². The number of piperidine rings is 1. The molecule has 0 aliphatic carbocycles. The SMILES string of the molecule is CC(=O)[C@@H](Cc1cc(C)c(C)c(C)c1)OC(=O)N1CCC(CC2CCc3ccccc3NC2=O)CC1. The van der Waals surface area contributed by atoms with Crippen molar-refractivity contribution in [3.63, 3.8) is 0 Å². The highest BCUT2D eigenvalue weighted by Gasteiger charge is 2.31. The lowest BCUT2D eigenvalue weighted by atomic mass is 9.84. The van der Waals surface area contributed by atoms with Gasteiger partial charge in [-0.15, -0.1) is 0 Å². The second-order valence-corrected chi connectivity index (χ2v) is 10.6. The average Bonchev–Trinajstić information content (AvgIpc) is 3.00. The van der Waals surface area contributed by atoms with Gasteiger partial charge in [-0.2, -0.15) is 0 Å². The minimum absolute atomic E-state index is 0.00980. The van der Waals surface area contributed by atoms with E-state index in [1.165, 1.54) is 29.2 Å². The molecule has 2 aromatic rings. The summed E-state index contributed by atoms with van der Waals surface area (Å²) >= 11 is 0. The van der Waals surface area contributed by atoms with Crippen LogP contribution in [0, 0.1) is 32.6 Å². The van der Waals surface area contributed by atoms with Crippen LogP contribution in [0.25, 0.3) is 0 Å². The molecule has 1 N–H and O–H groups in total. The van der Waals surface area contributed by atoms with E-state index in [2.05, 4.69) is 44.3 Å². The lowest BCUT2D eigenvalue weighted by Gasteiger charge is -2.33. The number of fused-ring (bicyclic) bond motifs is 1. The summed E-state index contributed by atoms with van der Waals surface area (Å²) < 4.78 is 5.69. The quantitative estimate of drug-likeness (QED) is 0.576. The van der Waals surface area contributed by atoms with E-state index in [9.17, 15) is 14.4 Å². The van der Waals surface area contributed by atoms with E-state index < -0.39 is 12.2 Å². The van der Waals surface area contributed by atoms with E-state index >= 15 is 0 Å². The summed E-state index contributed by atoms with van der Waals surface area (Å²) in [5.41, 5.74) is 6.72. The van der Waals surface area contributed by atoms with E-state index in [4.69, 9.17) is 4.74 Å². The van der Waals surface area contributed by atoms with Crippen LogP contribution in [0.5, 0.6) is 0 Å². The van der Waals surface area contributed by atoms with Crippen LogP contribution in [0.1, 0.15) is 60.4 Å². The molecule has 0 aromatic heterocycles. The molecule has 2 aliphatic rings. The number of hydrogen-bond donors (Lipinski definition) is 1. The molecule has 6 nitrogen and oxygen atoms in total. The highest BCUT2D eigenvalue weighted by Crippen LogP contribution is 2.31. The Morgan fingerprint density at radius 3 is 2.39 bits per heavy atom. The number of likely N-dealkylation sites (tertiary alicyclic amines) is 1. The molecule has 0 saturated carbocycles. The Morgan fingerprint density at radius 1 is 1.06 bits per heavy atom. The Kier molecular flexibility index (Phi) is 8.12. The maximum absolute atomic E-state index is 12.9. The Hall–Kier alpha value is -3.15. The van der Waals surface area contributed by atoms with Crippen molar-refractivity contribution in [2.24, 2.45) is 11.8 Å². The van der Waals surface area contributed by atoms with Crippen molar-refractivity contribution >= 4 is 23.5 Å². The Labute approximate surface area is 214 Å². The normalized spacial score (nSPS) is 19.2. The molecule has 1 unspecified atom stereocenters. The largest absolute Gasteiger partial charge is 0.438 e. The Bertz CT molecular complexity index is 1110. The number of nitrogens with one attached hydrogen (secondary N) is 1. The van der Waals surface area contributed by atoms with Crippen LogP contribution in [-0.4, -0.2) is 41.9 Å². The molecule has 2 atom stereocenters. The summed E-state index contributed by atoms with van der Waals surface area (Å²) in [5.74, 6) is 0.347. The molecule has 0 radical (unpaired) electrons. The van der Waals surface area contributed by atoms with E-state index in [1.807, 2.05) is 18.2 Å². The molecule has 2 amide bonds. The Balaban J connectivity index is 1.29.